The van der Waals surface area contributed by atoms with E-state index in [1.165, 1.54) is 48.8 Å². The number of benzene rings is 1. The number of rotatable bonds is 5. The summed E-state index contributed by atoms with van der Waals surface area (Å²) in [4.78, 5) is 0. The molecule has 0 radical (unpaired) electrons. The van der Waals surface area contributed by atoms with Crippen LogP contribution in [0.2, 0.25) is 0 Å². The van der Waals surface area contributed by atoms with Crippen LogP contribution in [0.25, 0.3) is 0 Å². The molecule has 0 amide bonds. The minimum atomic E-state index is -0.362. The zero-order valence-electron chi connectivity index (χ0n) is 16.1. The standard InChI is InChI=1S/C23H35NO2/c24-23(16-25)11-10-21(14-23)19-6-7-20-13-22(9-8-18(20)12-19)26-15-17-4-2-1-3-5-17/h6-7,12,17,21-22,25H,1-5,8-11,13-16,24H2/t21-,22?,23+/m0/s1. The Balaban J connectivity index is 1.34. The Morgan fingerprint density at radius 2 is 1.92 bits per heavy atom. The molecule has 4 rings (SSSR count). The molecule has 0 bridgehead atoms. The minimum absolute atomic E-state index is 0.106. The van der Waals surface area contributed by atoms with E-state index in [9.17, 15) is 5.11 Å². The number of hydrogen-bond acceptors (Lipinski definition) is 3. The first kappa shape index (κ1) is 18.5. The molecule has 0 aromatic heterocycles. The number of aliphatic hydroxyl groups excluding tert-OH is 1. The highest BCUT2D eigenvalue weighted by Crippen LogP contribution is 2.40. The van der Waals surface area contributed by atoms with Gasteiger partial charge < -0.3 is 15.6 Å². The van der Waals surface area contributed by atoms with Crippen LogP contribution in [0.1, 0.15) is 80.4 Å². The first-order valence-corrected chi connectivity index (χ1v) is 10.8. The SMILES string of the molecule is N[C@]1(CO)CC[C@H](c2ccc3c(c2)CCC(OCC2CCCCC2)C3)C1. The molecular formula is C23H35NO2. The van der Waals surface area contributed by atoms with E-state index in [1.54, 1.807) is 0 Å². The predicted octanol–water partition coefficient (Wildman–Crippen LogP) is 4.10. The van der Waals surface area contributed by atoms with Crippen molar-refractivity contribution in [3.05, 3.63) is 34.9 Å². The fourth-order valence-electron chi connectivity index (χ4n) is 5.35. The van der Waals surface area contributed by atoms with E-state index in [2.05, 4.69) is 18.2 Å². The Bertz CT molecular complexity index is 610. The lowest BCUT2D eigenvalue weighted by Crippen LogP contribution is -2.40. The van der Waals surface area contributed by atoms with Gasteiger partial charge in [0.2, 0.25) is 0 Å². The van der Waals surface area contributed by atoms with Gasteiger partial charge in [-0.3, -0.25) is 0 Å². The van der Waals surface area contributed by atoms with Gasteiger partial charge >= 0.3 is 0 Å². The average Bonchev–Trinajstić information content (AvgIpc) is 3.09. The van der Waals surface area contributed by atoms with Crippen LogP contribution in [0.3, 0.4) is 0 Å². The summed E-state index contributed by atoms with van der Waals surface area (Å²) in [5.74, 6) is 1.32. The molecule has 144 valence electrons. The lowest BCUT2D eigenvalue weighted by Gasteiger charge is -2.29. The second kappa shape index (κ2) is 8.00. The second-order valence-electron chi connectivity index (χ2n) is 9.19. The van der Waals surface area contributed by atoms with Crippen molar-refractivity contribution in [2.45, 2.75) is 88.2 Å². The zero-order valence-corrected chi connectivity index (χ0v) is 16.1. The lowest BCUT2D eigenvalue weighted by atomic mass is 9.85. The molecular weight excluding hydrogens is 322 g/mol. The van der Waals surface area contributed by atoms with Gasteiger partial charge in [0.1, 0.15) is 0 Å². The molecule has 0 spiro atoms. The number of aliphatic hydroxyl groups is 1. The van der Waals surface area contributed by atoms with Gasteiger partial charge in [0, 0.05) is 12.1 Å². The Labute approximate surface area is 158 Å². The van der Waals surface area contributed by atoms with Crippen molar-refractivity contribution in [3.8, 4) is 0 Å². The topological polar surface area (TPSA) is 55.5 Å². The summed E-state index contributed by atoms with van der Waals surface area (Å²) >= 11 is 0. The van der Waals surface area contributed by atoms with E-state index >= 15 is 0 Å². The molecule has 3 N–H and O–H groups in total. The summed E-state index contributed by atoms with van der Waals surface area (Å²) < 4.78 is 6.31. The number of fused-ring (bicyclic) bond motifs is 1. The van der Waals surface area contributed by atoms with Crippen molar-refractivity contribution < 1.29 is 9.84 Å². The first-order valence-electron chi connectivity index (χ1n) is 10.8. The monoisotopic (exact) mass is 357 g/mol. The van der Waals surface area contributed by atoms with Crippen LogP contribution in [-0.2, 0) is 17.6 Å². The Kier molecular flexibility index (Phi) is 5.68. The molecule has 1 aromatic rings. The van der Waals surface area contributed by atoms with Crippen molar-refractivity contribution in [1.82, 2.24) is 0 Å². The zero-order chi connectivity index (χ0) is 18.0. The molecule has 2 saturated carbocycles. The third-order valence-corrected chi connectivity index (χ3v) is 7.14. The first-order chi connectivity index (χ1) is 12.6. The molecule has 2 fully saturated rings. The van der Waals surface area contributed by atoms with Crippen LogP contribution in [0.15, 0.2) is 18.2 Å². The van der Waals surface area contributed by atoms with Gasteiger partial charge in [0.05, 0.1) is 12.7 Å². The smallest absolute Gasteiger partial charge is 0.0618 e. The van der Waals surface area contributed by atoms with E-state index in [-0.39, 0.29) is 12.1 Å². The van der Waals surface area contributed by atoms with E-state index in [1.807, 2.05) is 0 Å². The van der Waals surface area contributed by atoms with Gasteiger partial charge in [-0.1, -0.05) is 37.5 Å². The number of aryl methyl sites for hydroxylation is 1. The minimum Gasteiger partial charge on any atom is -0.394 e. The quantitative estimate of drug-likeness (QED) is 0.834. The predicted molar refractivity (Wildman–Crippen MR) is 105 cm³/mol. The fourth-order valence-corrected chi connectivity index (χ4v) is 5.35. The normalized spacial score (nSPS) is 32.5. The molecule has 3 aliphatic carbocycles. The number of nitrogens with two attached hydrogens (primary N) is 1. The molecule has 0 aliphatic heterocycles. The Morgan fingerprint density at radius 1 is 1.08 bits per heavy atom. The lowest BCUT2D eigenvalue weighted by molar-refractivity contribution is 0.0137. The molecule has 0 saturated heterocycles. The van der Waals surface area contributed by atoms with Gasteiger partial charge in [-0.2, -0.15) is 0 Å². The van der Waals surface area contributed by atoms with Crippen LogP contribution in [-0.4, -0.2) is 30.0 Å². The number of ether oxygens (including phenoxy) is 1. The maximum absolute atomic E-state index is 9.52. The summed E-state index contributed by atoms with van der Waals surface area (Å²) in [6.07, 6.45) is 13.7. The molecule has 1 aromatic carbocycles. The van der Waals surface area contributed by atoms with Crippen LogP contribution >= 0.6 is 0 Å². The van der Waals surface area contributed by atoms with Crippen molar-refractivity contribution in [1.29, 1.82) is 0 Å². The third kappa shape index (κ3) is 4.16. The van der Waals surface area contributed by atoms with Gasteiger partial charge in [-0.05, 0) is 79.9 Å². The van der Waals surface area contributed by atoms with E-state index in [0.29, 0.717) is 12.0 Å². The van der Waals surface area contributed by atoms with Gasteiger partial charge in [0.15, 0.2) is 0 Å². The van der Waals surface area contributed by atoms with E-state index < -0.39 is 0 Å². The van der Waals surface area contributed by atoms with Crippen molar-refractivity contribution >= 4 is 0 Å². The van der Waals surface area contributed by atoms with Crippen LogP contribution in [0.4, 0.5) is 0 Å². The van der Waals surface area contributed by atoms with Crippen LogP contribution < -0.4 is 5.73 Å². The molecule has 3 heteroatoms. The Hall–Kier alpha value is -0.900. The summed E-state index contributed by atoms with van der Waals surface area (Å²) in [5.41, 5.74) is 10.3. The summed E-state index contributed by atoms with van der Waals surface area (Å²) in [6, 6.07) is 7.05. The highest BCUT2D eigenvalue weighted by molar-refractivity contribution is 5.36. The molecule has 3 nitrogen and oxygen atoms in total. The van der Waals surface area contributed by atoms with Crippen LogP contribution in [0.5, 0.6) is 0 Å². The fraction of sp³-hybridized carbons (Fsp3) is 0.739. The maximum Gasteiger partial charge on any atom is 0.0618 e. The van der Waals surface area contributed by atoms with Crippen LogP contribution in [0, 0.1) is 5.92 Å². The molecule has 0 heterocycles. The van der Waals surface area contributed by atoms with Crippen molar-refractivity contribution in [3.63, 3.8) is 0 Å². The molecule has 3 aliphatic rings. The van der Waals surface area contributed by atoms with E-state index in [4.69, 9.17) is 10.5 Å². The summed E-state index contributed by atoms with van der Waals surface area (Å²) in [7, 11) is 0. The highest BCUT2D eigenvalue weighted by atomic mass is 16.5. The summed E-state index contributed by atoms with van der Waals surface area (Å²) in [5, 5.41) is 9.52. The molecule has 3 atom stereocenters. The Morgan fingerprint density at radius 3 is 2.69 bits per heavy atom. The largest absolute Gasteiger partial charge is 0.394 e. The van der Waals surface area contributed by atoms with Gasteiger partial charge in [-0.15, -0.1) is 0 Å². The number of hydrogen-bond donors (Lipinski definition) is 2. The van der Waals surface area contributed by atoms with E-state index in [0.717, 1.165) is 51.0 Å². The van der Waals surface area contributed by atoms with Gasteiger partial charge in [-0.25, -0.2) is 0 Å². The van der Waals surface area contributed by atoms with Crippen molar-refractivity contribution in [2.75, 3.05) is 13.2 Å². The summed E-state index contributed by atoms with van der Waals surface area (Å²) in [6.45, 7) is 1.08. The maximum atomic E-state index is 9.52. The average molecular weight is 358 g/mol. The molecule has 1 unspecified atom stereocenters. The highest BCUT2D eigenvalue weighted by Gasteiger charge is 2.36. The molecule has 26 heavy (non-hydrogen) atoms. The second-order valence-corrected chi connectivity index (χ2v) is 9.19. The van der Waals surface area contributed by atoms with Gasteiger partial charge in [0.25, 0.3) is 0 Å². The van der Waals surface area contributed by atoms with Crippen molar-refractivity contribution in [2.24, 2.45) is 11.7 Å². The third-order valence-electron chi connectivity index (χ3n) is 7.14.